The number of nitrogens with one attached hydrogen (secondary N) is 2. The zero-order valence-electron chi connectivity index (χ0n) is 9.79. The summed E-state index contributed by atoms with van der Waals surface area (Å²) in [5.41, 5.74) is 0.526. The molecule has 2 amide bonds. The number of ether oxygens (including phenoxy) is 1. The van der Waals surface area contributed by atoms with E-state index in [1.54, 1.807) is 7.05 Å². The average Bonchev–Trinajstić information content (AvgIpc) is 2.97. The van der Waals surface area contributed by atoms with Crippen molar-refractivity contribution in [3.8, 4) is 0 Å². The summed E-state index contributed by atoms with van der Waals surface area (Å²) in [6.07, 6.45) is 3.00. The van der Waals surface area contributed by atoms with Crippen molar-refractivity contribution < 1.29 is 19.4 Å². The maximum absolute atomic E-state index is 11.9. The average molecular weight is 254 g/mol. The number of carbonyl (C=O) groups excluding carboxylic acids is 1. The molecule has 0 saturated carbocycles. The predicted molar refractivity (Wildman–Crippen MR) is 61.1 cm³/mol. The summed E-state index contributed by atoms with van der Waals surface area (Å²) in [5, 5.41) is 17.9. The van der Waals surface area contributed by atoms with Crippen LogP contribution < -0.4 is 5.32 Å². The van der Waals surface area contributed by atoms with Crippen LogP contribution in [0.15, 0.2) is 12.4 Å². The molecule has 1 aliphatic heterocycles. The van der Waals surface area contributed by atoms with Gasteiger partial charge in [-0.2, -0.15) is 5.10 Å². The van der Waals surface area contributed by atoms with Gasteiger partial charge in [0.05, 0.1) is 31.1 Å². The van der Waals surface area contributed by atoms with Crippen molar-refractivity contribution >= 4 is 17.7 Å². The molecule has 8 nitrogen and oxygen atoms in total. The Balaban J connectivity index is 1.99. The molecule has 18 heavy (non-hydrogen) atoms. The molecule has 1 fully saturated rings. The highest BCUT2D eigenvalue weighted by molar-refractivity contribution is 5.89. The highest BCUT2D eigenvalue weighted by Crippen LogP contribution is 2.19. The van der Waals surface area contributed by atoms with E-state index in [1.165, 1.54) is 17.3 Å². The predicted octanol–water partition coefficient (Wildman–Crippen LogP) is -0.0270. The largest absolute Gasteiger partial charge is 0.481 e. The van der Waals surface area contributed by atoms with Crippen LogP contribution in [0.4, 0.5) is 10.5 Å². The number of aromatic amines is 1. The van der Waals surface area contributed by atoms with Crippen LogP contribution in [0.5, 0.6) is 0 Å². The molecule has 1 saturated heterocycles. The lowest BCUT2D eigenvalue weighted by Gasteiger charge is -2.26. The van der Waals surface area contributed by atoms with E-state index in [4.69, 9.17) is 9.84 Å². The molecule has 2 unspecified atom stereocenters. The first-order chi connectivity index (χ1) is 8.59. The van der Waals surface area contributed by atoms with E-state index < -0.39 is 24.0 Å². The van der Waals surface area contributed by atoms with Crippen molar-refractivity contribution in [2.75, 3.05) is 25.6 Å². The number of aliphatic carboxylic acids is 1. The maximum Gasteiger partial charge on any atom is 0.322 e. The summed E-state index contributed by atoms with van der Waals surface area (Å²) in [4.78, 5) is 24.2. The Hall–Kier alpha value is -2.09. The molecule has 0 bridgehead atoms. The first-order valence-corrected chi connectivity index (χ1v) is 5.42. The molecule has 98 valence electrons. The van der Waals surface area contributed by atoms with Gasteiger partial charge in [-0.05, 0) is 0 Å². The van der Waals surface area contributed by atoms with Crippen molar-refractivity contribution in [2.45, 2.75) is 6.04 Å². The van der Waals surface area contributed by atoms with Gasteiger partial charge in [0.25, 0.3) is 0 Å². The van der Waals surface area contributed by atoms with Gasteiger partial charge in [0.1, 0.15) is 5.92 Å². The summed E-state index contributed by atoms with van der Waals surface area (Å²) in [7, 11) is 1.55. The summed E-state index contributed by atoms with van der Waals surface area (Å²) in [6.45, 7) is 0.357. The molecule has 0 radical (unpaired) electrons. The van der Waals surface area contributed by atoms with Crippen LogP contribution in [0.3, 0.4) is 0 Å². The monoisotopic (exact) mass is 254 g/mol. The number of urea groups is 1. The normalized spacial score (nSPS) is 22.7. The Morgan fingerprint density at radius 2 is 2.39 bits per heavy atom. The van der Waals surface area contributed by atoms with E-state index in [1.807, 2.05) is 0 Å². The molecular weight excluding hydrogens is 240 g/mol. The number of hydrogen-bond acceptors (Lipinski definition) is 4. The van der Waals surface area contributed by atoms with E-state index in [2.05, 4.69) is 15.5 Å². The molecule has 0 aromatic carbocycles. The van der Waals surface area contributed by atoms with Crippen molar-refractivity contribution in [2.24, 2.45) is 5.92 Å². The van der Waals surface area contributed by atoms with Crippen LogP contribution in [-0.2, 0) is 9.53 Å². The van der Waals surface area contributed by atoms with Crippen LogP contribution in [0.2, 0.25) is 0 Å². The lowest BCUT2D eigenvalue weighted by atomic mass is 10.0. The molecule has 0 spiro atoms. The molecule has 3 N–H and O–H groups in total. The van der Waals surface area contributed by atoms with Crippen LogP contribution in [0.25, 0.3) is 0 Å². The molecule has 2 atom stereocenters. The van der Waals surface area contributed by atoms with Gasteiger partial charge in [-0.1, -0.05) is 0 Å². The Morgan fingerprint density at radius 1 is 1.61 bits per heavy atom. The van der Waals surface area contributed by atoms with Crippen LogP contribution in [-0.4, -0.2) is 58.5 Å². The zero-order chi connectivity index (χ0) is 13.1. The quantitative estimate of drug-likeness (QED) is 0.702. The highest BCUT2D eigenvalue weighted by atomic mass is 16.5. The molecule has 1 aromatic heterocycles. The molecule has 2 rings (SSSR count). The third-order valence-electron chi connectivity index (χ3n) is 2.93. The second-order valence-corrected chi connectivity index (χ2v) is 4.08. The minimum atomic E-state index is -0.958. The van der Waals surface area contributed by atoms with Gasteiger partial charge in [-0.25, -0.2) is 4.79 Å². The second kappa shape index (κ2) is 5.05. The number of anilines is 1. The number of aromatic nitrogens is 2. The van der Waals surface area contributed by atoms with Crippen molar-refractivity contribution in [1.29, 1.82) is 0 Å². The Kier molecular flexibility index (Phi) is 3.47. The topological polar surface area (TPSA) is 108 Å². The summed E-state index contributed by atoms with van der Waals surface area (Å²) in [5.74, 6) is -1.65. The number of likely N-dealkylation sites (N-methyl/N-ethyl adjacent to an activating group) is 1. The number of carbonyl (C=O) groups is 2. The van der Waals surface area contributed by atoms with Gasteiger partial charge in [-0.15, -0.1) is 0 Å². The fourth-order valence-electron chi connectivity index (χ4n) is 1.84. The summed E-state index contributed by atoms with van der Waals surface area (Å²) < 4.78 is 5.12. The third kappa shape index (κ3) is 2.43. The maximum atomic E-state index is 11.9. The minimum absolute atomic E-state index is 0.128. The Bertz CT molecular complexity index is 433. The number of nitrogens with zero attached hydrogens (tertiary/aromatic N) is 2. The lowest BCUT2D eigenvalue weighted by molar-refractivity contribution is -0.142. The van der Waals surface area contributed by atoms with Crippen molar-refractivity contribution in [3.05, 3.63) is 12.4 Å². The first kappa shape index (κ1) is 12.4. The second-order valence-electron chi connectivity index (χ2n) is 4.08. The fourth-order valence-corrected chi connectivity index (χ4v) is 1.84. The first-order valence-electron chi connectivity index (χ1n) is 5.42. The van der Waals surface area contributed by atoms with Crippen molar-refractivity contribution in [1.82, 2.24) is 15.1 Å². The van der Waals surface area contributed by atoms with Gasteiger partial charge in [-0.3, -0.25) is 9.89 Å². The molecule has 8 heteroatoms. The standard InChI is InChI=1S/C10H14N4O4/c1-14(8-5-18-4-7(8)9(15)16)10(17)13-6-2-11-12-3-6/h2-3,7-8H,4-5H2,1H3,(H,11,12)(H,13,17)(H,15,16). The van der Waals surface area contributed by atoms with E-state index in [0.717, 1.165) is 0 Å². The molecule has 2 heterocycles. The molecule has 1 aliphatic rings. The number of H-pyrrole nitrogens is 1. The highest BCUT2D eigenvalue weighted by Gasteiger charge is 2.38. The lowest BCUT2D eigenvalue weighted by Crippen LogP contribution is -2.45. The van der Waals surface area contributed by atoms with Crippen molar-refractivity contribution in [3.63, 3.8) is 0 Å². The van der Waals surface area contributed by atoms with Gasteiger partial charge < -0.3 is 20.1 Å². The molecular formula is C10H14N4O4. The number of amides is 2. The number of rotatable bonds is 3. The van der Waals surface area contributed by atoms with E-state index >= 15 is 0 Å². The number of carboxylic acid groups (broad SMARTS) is 1. The summed E-state index contributed by atoms with van der Waals surface area (Å²) in [6, 6.07) is -0.854. The minimum Gasteiger partial charge on any atom is -0.481 e. The van der Waals surface area contributed by atoms with E-state index in [0.29, 0.717) is 5.69 Å². The van der Waals surface area contributed by atoms with Crippen LogP contribution in [0, 0.1) is 5.92 Å². The van der Waals surface area contributed by atoms with Gasteiger partial charge in [0.2, 0.25) is 0 Å². The number of carboxylic acids is 1. The molecule has 1 aromatic rings. The Morgan fingerprint density at radius 3 is 3.00 bits per heavy atom. The van der Waals surface area contributed by atoms with Crippen LogP contribution in [0.1, 0.15) is 0 Å². The third-order valence-corrected chi connectivity index (χ3v) is 2.93. The van der Waals surface area contributed by atoms with E-state index in [-0.39, 0.29) is 13.2 Å². The molecule has 0 aliphatic carbocycles. The van der Waals surface area contributed by atoms with Gasteiger partial charge in [0.15, 0.2) is 0 Å². The fraction of sp³-hybridized carbons (Fsp3) is 0.500. The smallest absolute Gasteiger partial charge is 0.322 e. The Labute approximate surface area is 103 Å². The van der Waals surface area contributed by atoms with Gasteiger partial charge >= 0.3 is 12.0 Å². The van der Waals surface area contributed by atoms with E-state index in [9.17, 15) is 9.59 Å². The number of hydrogen-bond donors (Lipinski definition) is 3. The SMILES string of the molecule is CN(C(=O)Nc1cn[nH]c1)C1COCC1C(=O)O. The van der Waals surface area contributed by atoms with Crippen LogP contribution >= 0.6 is 0 Å². The summed E-state index contributed by atoms with van der Waals surface area (Å²) >= 11 is 0. The van der Waals surface area contributed by atoms with Gasteiger partial charge in [0, 0.05) is 13.2 Å². The zero-order valence-corrected chi connectivity index (χ0v) is 9.79.